The maximum absolute atomic E-state index is 12.7. The lowest BCUT2D eigenvalue weighted by Gasteiger charge is -2.12. The number of anilines is 1. The van der Waals surface area contributed by atoms with Gasteiger partial charge in [0, 0.05) is 16.8 Å². The minimum Gasteiger partial charge on any atom is -0.384 e. The smallest absolute Gasteiger partial charge is 0.273 e. The van der Waals surface area contributed by atoms with Crippen LogP contribution >= 0.6 is 0 Å². The highest BCUT2D eigenvalue weighted by Crippen LogP contribution is 2.30. The van der Waals surface area contributed by atoms with Gasteiger partial charge in [0.15, 0.2) is 5.69 Å². The molecule has 0 fully saturated rings. The minimum absolute atomic E-state index is 0.0813. The van der Waals surface area contributed by atoms with E-state index in [0.717, 1.165) is 46.3 Å². The summed E-state index contributed by atoms with van der Waals surface area (Å²) in [5.74, 6) is 0.261. The van der Waals surface area contributed by atoms with Crippen LogP contribution in [-0.4, -0.2) is 30.9 Å². The highest BCUT2D eigenvalue weighted by Gasteiger charge is 2.26. The first-order valence-corrected chi connectivity index (χ1v) is 9.88. The van der Waals surface area contributed by atoms with Crippen LogP contribution in [0.4, 0.5) is 5.82 Å². The van der Waals surface area contributed by atoms with Crippen molar-refractivity contribution in [3.63, 3.8) is 0 Å². The number of pyridine rings is 2. The minimum atomic E-state index is -0.242. The molecule has 8 nitrogen and oxygen atoms in total. The number of aromatic nitrogens is 5. The third kappa shape index (κ3) is 3.47. The van der Waals surface area contributed by atoms with E-state index in [9.17, 15) is 4.79 Å². The summed E-state index contributed by atoms with van der Waals surface area (Å²) in [6.07, 6.45) is 3.27. The lowest BCUT2D eigenvalue weighted by molar-refractivity contribution is 0.0931. The van der Waals surface area contributed by atoms with Crippen LogP contribution in [0.5, 0.6) is 0 Å². The second kappa shape index (κ2) is 7.22. The highest BCUT2D eigenvalue weighted by molar-refractivity contribution is 5.92. The molecule has 1 aliphatic rings. The van der Waals surface area contributed by atoms with E-state index in [1.807, 2.05) is 31.2 Å². The number of hydrogen-bond acceptors (Lipinski definition) is 6. The van der Waals surface area contributed by atoms with Gasteiger partial charge in [-0.05, 0) is 55.2 Å². The van der Waals surface area contributed by atoms with Crippen molar-refractivity contribution in [2.45, 2.75) is 32.4 Å². The molecule has 1 amide bonds. The van der Waals surface area contributed by atoms with Gasteiger partial charge < -0.3 is 11.1 Å². The zero-order valence-electron chi connectivity index (χ0n) is 16.5. The highest BCUT2D eigenvalue weighted by atomic mass is 16.2. The Labute approximate surface area is 173 Å². The molecule has 5 rings (SSSR count). The zero-order chi connectivity index (χ0) is 20.7. The van der Waals surface area contributed by atoms with Crippen LogP contribution in [0.25, 0.3) is 10.9 Å². The summed E-state index contributed by atoms with van der Waals surface area (Å²) < 4.78 is 1.67. The van der Waals surface area contributed by atoms with Gasteiger partial charge in [0.1, 0.15) is 5.82 Å². The van der Waals surface area contributed by atoms with Crippen molar-refractivity contribution in [2.75, 3.05) is 5.73 Å². The van der Waals surface area contributed by atoms with Gasteiger partial charge in [0.05, 0.1) is 24.3 Å². The summed E-state index contributed by atoms with van der Waals surface area (Å²) in [6, 6.07) is 13.8. The molecule has 1 aliphatic carbocycles. The Hall–Kier alpha value is -3.81. The monoisotopic (exact) mass is 399 g/mol. The van der Waals surface area contributed by atoms with Crippen LogP contribution < -0.4 is 11.1 Å². The van der Waals surface area contributed by atoms with Crippen molar-refractivity contribution in [3.8, 4) is 0 Å². The van der Waals surface area contributed by atoms with Crippen LogP contribution in [-0.2, 0) is 13.0 Å². The Morgan fingerprint density at radius 1 is 1.20 bits per heavy atom. The van der Waals surface area contributed by atoms with Gasteiger partial charge in [-0.2, -0.15) is 0 Å². The molecule has 4 aromatic rings. The standard InChI is InChI=1S/C22H21N7O/c1-13-2-4-15-10-14(3-6-17(15)24-13)11-29-12-20(27-28-29)22(30)26-19-8-7-18-16(19)5-9-21(23)25-18/h2-6,9-10,12,19H,7-8,11H2,1H3,(H2,23,25)(H,26,30). The summed E-state index contributed by atoms with van der Waals surface area (Å²) in [6.45, 7) is 2.50. The molecule has 0 spiro atoms. The van der Waals surface area contributed by atoms with Crippen LogP contribution in [0.2, 0.25) is 0 Å². The van der Waals surface area contributed by atoms with Crippen LogP contribution in [0.1, 0.15) is 45.5 Å². The Kier molecular flexibility index (Phi) is 4.39. The van der Waals surface area contributed by atoms with E-state index in [2.05, 4.69) is 37.7 Å². The van der Waals surface area contributed by atoms with Crippen molar-refractivity contribution in [2.24, 2.45) is 0 Å². The molecular weight excluding hydrogens is 378 g/mol. The predicted molar refractivity (Wildman–Crippen MR) is 113 cm³/mol. The van der Waals surface area contributed by atoms with E-state index < -0.39 is 0 Å². The number of rotatable bonds is 4. The fourth-order valence-electron chi connectivity index (χ4n) is 3.91. The van der Waals surface area contributed by atoms with Crippen molar-refractivity contribution in [3.05, 3.63) is 76.9 Å². The van der Waals surface area contributed by atoms with Gasteiger partial charge in [0.2, 0.25) is 0 Å². The van der Waals surface area contributed by atoms with E-state index in [1.54, 1.807) is 16.9 Å². The Morgan fingerprint density at radius 2 is 2.10 bits per heavy atom. The molecule has 1 aromatic carbocycles. The lowest BCUT2D eigenvalue weighted by atomic mass is 10.1. The summed E-state index contributed by atoms with van der Waals surface area (Å²) in [5.41, 5.74) is 11.0. The lowest BCUT2D eigenvalue weighted by Crippen LogP contribution is -2.27. The molecule has 0 radical (unpaired) electrons. The van der Waals surface area contributed by atoms with Gasteiger partial charge in [-0.1, -0.05) is 23.4 Å². The van der Waals surface area contributed by atoms with Gasteiger partial charge in [-0.15, -0.1) is 5.10 Å². The van der Waals surface area contributed by atoms with E-state index in [-0.39, 0.29) is 11.9 Å². The van der Waals surface area contributed by atoms with Gasteiger partial charge in [-0.3, -0.25) is 9.78 Å². The maximum atomic E-state index is 12.7. The summed E-state index contributed by atoms with van der Waals surface area (Å²) in [4.78, 5) is 21.5. The van der Waals surface area contributed by atoms with E-state index in [1.165, 1.54) is 0 Å². The number of benzene rings is 1. The third-order valence-corrected chi connectivity index (χ3v) is 5.39. The molecule has 0 saturated carbocycles. The summed E-state index contributed by atoms with van der Waals surface area (Å²) in [5, 5.41) is 12.3. The first-order valence-electron chi connectivity index (χ1n) is 9.88. The zero-order valence-corrected chi connectivity index (χ0v) is 16.5. The van der Waals surface area contributed by atoms with Gasteiger partial charge in [0.25, 0.3) is 5.91 Å². The number of carbonyl (C=O) groups is 1. The van der Waals surface area contributed by atoms with Crippen molar-refractivity contribution in [1.29, 1.82) is 0 Å². The molecule has 8 heteroatoms. The molecule has 0 saturated heterocycles. The molecule has 1 unspecified atom stereocenters. The van der Waals surface area contributed by atoms with Gasteiger partial charge in [-0.25, -0.2) is 9.67 Å². The number of amides is 1. The fourth-order valence-corrected chi connectivity index (χ4v) is 3.91. The Bertz CT molecular complexity index is 1260. The van der Waals surface area contributed by atoms with E-state index in [4.69, 9.17) is 5.73 Å². The molecule has 3 heterocycles. The van der Waals surface area contributed by atoms with Crippen LogP contribution in [0.3, 0.4) is 0 Å². The van der Waals surface area contributed by atoms with Crippen molar-refractivity contribution < 1.29 is 4.79 Å². The summed E-state index contributed by atoms with van der Waals surface area (Å²) >= 11 is 0. The van der Waals surface area contributed by atoms with E-state index >= 15 is 0 Å². The first-order chi connectivity index (χ1) is 14.5. The number of aryl methyl sites for hydroxylation is 2. The molecule has 3 N–H and O–H groups in total. The molecule has 150 valence electrons. The quantitative estimate of drug-likeness (QED) is 0.546. The Morgan fingerprint density at radius 3 is 3.00 bits per heavy atom. The second-order valence-electron chi connectivity index (χ2n) is 7.62. The number of hydrogen-bond donors (Lipinski definition) is 2. The number of nitrogens with one attached hydrogen (secondary N) is 1. The molecule has 0 aliphatic heterocycles. The molecule has 30 heavy (non-hydrogen) atoms. The maximum Gasteiger partial charge on any atom is 0.273 e. The normalized spacial score (nSPS) is 15.3. The summed E-state index contributed by atoms with van der Waals surface area (Å²) in [7, 11) is 0. The van der Waals surface area contributed by atoms with Gasteiger partial charge >= 0.3 is 0 Å². The topological polar surface area (TPSA) is 112 Å². The van der Waals surface area contributed by atoms with Crippen molar-refractivity contribution >= 4 is 22.6 Å². The largest absolute Gasteiger partial charge is 0.384 e. The Balaban J connectivity index is 1.29. The number of nitrogen functional groups attached to an aromatic ring is 1. The van der Waals surface area contributed by atoms with Crippen molar-refractivity contribution in [1.82, 2.24) is 30.3 Å². The van der Waals surface area contributed by atoms with Crippen LogP contribution in [0, 0.1) is 6.92 Å². The third-order valence-electron chi connectivity index (χ3n) is 5.39. The number of fused-ring (bicyclic) bond motifs is 2. The second-order valence-corrected chi connectivity index (χ2v) is 7.62. The average molecular weight is 399 g/mol. The fraction of sp³-hybridized carbons (Fsp3) is 0.227. The average Bonchev–Trinajstić information content (AvgIpc) is 3.35. The first kappa shape index (κ1) is 18.2. The number of nitrogens with two attached hydrogens (primary N) is 1. The number of nitrogens with zero attached hydrogens (tertiary/aromatic N) is 5. The van der Waals surface area contributed by atoms with Crippen LogP contribution in [0.15, 0.2) is 48.7 Å². The molecule has 0 bridgehead atoms. The van der Waals surface area contributed by atoms with E-state index in [0.29, 0.717) is 18.1 Å². The molecule has 3 aromatic heterocycles. The predicted octanol–water partition coefficient (Wildman–Crippen LogP) is 2.58. The molecule has 1 atom stereocenters. The SMILES string of the molecule is Cc1ccc2cc(Cn3cc(C(=O)NC4CCc5nc(N)ccc54)nn3)ccc2n1. The number of carbonyl (C=O) groups excluding carboxylic acids is 1. The molecular formula is C22H21N7O.